The highest BCUT2D eigenvalue weighted by molar-refractivity contribution is 6.37. The van der Waals surface area contributed by atoms with Gasteiger partial charge in [0.15, 0.2) is 5.82 Å². The summed E-state index contributed by atoms with van der Waals surface area (Å²) in [6, 6.07) is 83.6. The smallest absolute Gasteiger partial charge is 0.160 e. The average molecular weight is 811 g/mol. The SMILES string of the molecule is c1ccc(-c2cccc(-c3cc(-c4ccc(-c5ccc(-c6cc7ccc8cccc9c%10cccc%11ccc%12cccc(c(c6)c7c89)c%12c%11%10)cc5)cc4)nc(-c4ccccc4)n3)c2)cc1. The van der Waals surface area contributed by atoms with Gasteiger partial charge in [-0.1, -0.05) is 206 Å². The Labute approximate surface area is 370 Å². The molecule has 0 aliphatic rings. The van der Waals surface area contributed by atoms with Crippen LogP contribution < -0.4 is 0 Å². The molecule has 0 spiro atoms. The minimum absolute atomic E-state index is 0.707. The first kappa shape index (κ1) is 36.2. The first-order chi connectivity index (χ1) is 31.7. The van der Waals surface area contributed by atoms with Crippen molar-refractivity contribution in [3.63, 3.8) is 0 Å². The van der Waals surface area contributed by atoms with Crippen LogP contribution in [0, 0.1) is 0 Å². The highest BCUT2D eigenvalue weighted by Gasteiger charge is 2.17. The van der Waals surface area contributed by atoms with E-state index in [1.165, 1.54) is 86.9 Å². The van der Waals surface area contributed by atoms with Crippen molar-refractivity contribution in [1.29, 1.82) is 0 Å². The van der Waals surface area contributed by atoms with Crippen molar-refractivity contribution in [2.24, 2.45) is 0 Å². The van der Waals surface area contributed by atoms with Crippen LogP contribution in [0.5, 0.6) is 0 Å². The fourth-order valence-electron chi connectivity index (χ4n) is 10.1. The van der Waals surface area contributed by atoms with E-state index in [2.05, 4.69) is 212 Å². The predicted octanol–water partition coefficient (Wildman–Crippen LogP) is 16.8. The Morgan fingerprint density at radius 2 is 0.609 bits per heavy atom. The molecule has 0 amide bonds. The van der Waals surface area contributed by atoms with E-state index in [1.807, 2.05) is 18.2 Å². The first-order valence-electron chi connectivity index (χ1n) is 22.0. The van der Waals surface area contributed by atoms with Gasteiger partial charge >= 0.3 is 0 Å². The quantitative estimate of drug-likeness (QED) is 0.156. The summed E-state index contributed by atoms with van der Waals surface area (Å²) < 4.78 is 0. The lowest BCUT2D eigenvalue weighted by Gasteiger charge is -2.17. The van der Waals surface area contributed by atoms with Crippen LogP contribution >= 0.6 is 0 Å². The van der Waals surface area contributed by atoms with E-state index in [0.29, 0.717) is 5.82 Å². The summed E-state index contributed by atoms with van der Waals surface area (Å²) in [7, 11) is 0. The summed E-state index contributed by atoms with van der Waals surface area (Å²) in [6.45, 7) is 0. The summed E-state index contributed by atoms with van der Waals surface area (Å²) in [5, 5.41) is 15.5. The monoisotopic (exact) mass is 810 g/mol. The van der Waals surface area contributed by atoms with Gasteiger partial charge in [0.2, 0.25) is 0 Å². The highest BCUT2D eigenvalue weighted by Crippen LogP contribution is 2.44. The topological polar surface area (TPSA) is 25.8 Å². The van der Waals surface area contributed by atoms with Crippen molar-refractivity contribution in [2.45, 2.75) is 0 Å². The number of nitrogens with zero attached hydrogens (tertiary/aromatic N) is 2. The van der Waals surface area contributed by atoms with Gasteiger partial charge in [-0.05, 0) is 122 Å². The number of hydrogen-bond acceptors (Lipinski definition) is 2. The maximum absolute atomic E-state index is 5.12. The Hall–Kier alpha value is -8.46. The lowest BCUT2D eigenvalue weighted by atomic mass is 9.86. The molecule has 0 unspecified atom stereocenters. The van der Waals surface area contributed by atoms with Crippen LogP contribution in [0.3, 0.4) is 0 Å². The Morgan fingerprint density at radius 3 is 1.19 bits per heavy atom. The normalized spacial score (nSPS) is 11.8. The van der Waals surface area contributed by atoms with Gasteiger partial charge in [0.1, 0.15) is 0 Å². The van der Waals surface area contributed by atoms with Gasteiger partial charge in [0.25, 0.3) is 0 Å². The Bertz CT molecular complexity index is 3900. The highest BCUT2D eigenvalue weighted by atomic mass is 14.9. The fraction of sp³-hybridized carbons (Fsp3) is 0. The van der Waals surface area contributed by atoms with E-state index in [4.69, 9.17) is 9.97 Å². The minimum Gasteiger partial charge on any atom is -0.228 e. The molecule has 12 aromatic carbocycles. The molecule has 0 saturated carbocycles. The van der Waals surface area contributed by atoms with Crippen molar-refractivity contribution in [3.05, 3.63) is 231 Å². The Kier molecular flexibility index (Phi) is 8.25. The van der Waals surface area contributed by atoms with E-state index in [1.54, 1.807) is 0 Å². The van der Waals surface area contributed by atoms with Crippen LogP contribution in [0.4, 0.5) is 0 Å². The molecule has 0 aliphatic heterocycles. The molecule has 0 N–H and O–H groups in total. The summed E-state index contributed by atoms with van der Waals surface area (Å²) in [4.78, 5) is 10.2. The van der Waals surface area contributed by atoms with E-state index in [-0.39, 0.29) is 0 Å². The molecule has 0 saturated heterocycles. The summed E-state index contributed by atoms with van der Waals surface area (Å²) in [5.41, 5.74) is 11.9. The Balaban J connectivity index is 0.894. The van der Waals surface area contributed by atoms with Crippen LogP contribution in [-0.2, 0) is 0 Å². The van der Waals surface area contributed by atoms with Gasteiger partial charge in [-0.15, -0.1) is 0 Å². The molecule has 0 bridgehead atoms. The summed E-state index contributed by atoms with van der Waals surface area (Å²) >= 11 is 0. The molecule has 0 fully saturated rings. The van der Waals surface area contributed by atoms with Crippen LogP contribution in [0.25, 0.3) is 132 Å². The predicted molar refractivity (Wildman–Crippen MR) is 271 cm³/mol. The van der Waals surface area contributed by atoms with Gasteiger partial charge < -0.3 is 0 Å². The molecule has 13 aromatic rings. The standard InChI is InChI=1S/C62H38N2/c1-3-11-39(12-4-1)48-18-7-19-49(35-48)57-38-56(63-62(64-57)47-13-5-2-6-14-47)43-29-27-41(28-30-43)40-23-25-42(26-24-40)51-36-50-34-33-46-16-9-21-53-52-20-8-15-44-31-32-45-17-10-22-54(60(45)58(44)52)55(37-51)61(50)59(46)53/h1-38H. The molecule has 296 valence electrons. The molecule has 1 heterocycles. The molecule has 2 nitrogen and oxygen atoms in total. The van der Waals surface area contributed by atoms with Gasteiger partial charge in [0.05, 0.1) is 11.4 Å². The molecule has 0 atom stereocenters. The molecular formula is C62H38N2. The number of aromatic nitrogens is 2. The van der Waals surface area contributed by atoms with Crippen LogP contribution in [0.2, 0.25) is 0 Å². The third-order valence-corrected chi connectivity index (χ3v) is 13.2. The number of fused-ring (bicyclic) bond motifs is 2. The first-order valence-corrected chi connectivity index (χ1v) is 22.0. The van der Waals surface area contributed by atoms with Crippen molar-refractivity contribution < 1.29 is 0 Å². The number of rotatable bonds is 6. The van der Waals surface area contributed by atoms with Crippen molar-refractivity contribution in [1.82, 2.24) is 9.97 Å². The second-order valence-electron chi connectivity index (χ2n) is 16.9. The van der Waals surface area contributed by atoms with Crippen molar-refractivity contribution >= 4 is 64.6 Å². The second kappa shape index (κ2) is 14.6. The molecule has 13 rings (SSSR count). The zero-order chi connectivity index (χ0) is 42.1. The molecule has 64 heavy (non-hydrogen) atoms. The second-order valence-corrected chi connectivity index (χ2v) is 16.9. The molecule has 0 aliphatic carbocycles. The van der Waals surface area contributed by atoms with Gasteiger partial charge in [-0.3, -0.25) is 0 Å². The van der Waals surface area contributed by atoms with E-state index >= 15 is 0 Å². The van der Waals surface area contributed by atoms with Crippen LogP contribution in [-0.4, -0.2) is 9.97 Å². The van der Waals surface area contributed by atoms with Gasteiger partial charge in [0, 0.05) is 16.7 Å². The van der Waals surface area contributed by atoms with E-state index < -0.39 is 0 Å². The number of benzene rings is 11. The van der Waals surface area contributed by atoms with Crippen LogP contribution in [0.15, 0.2) is 231 Å². The summed E-state index contributed by atoms with van der Waals surface area (Å²) in [5.74, 6) is 0.707. The summed E-state index contributed by atoms with van der Waals surface area (Å²) in [6.07, 6.45) is 0. The lowest BCUT2D eigenvalue weighted by Crippen LogP contribution is -1.96. The zero-order valence-corrected chi connectivity index (χ0v) is 34.8. The average Bonchev–Trinajstić information content (AvgIpc) is 3.37. The lowest BCUT2D eigenvalue weighted by molar-refractivity contribution is 1.18. The van der Waals surface area contributed by atoms with Crippen molar-refractivity contribution in [3.8, 4) is 67.3 Å². The van der Waals surface area contributed by atoms with Gasteiger partial charge in [-0.2, -0.15) is 0 Å². The van der Waals surface area contributed by atoms with E-state index in [9.17, 15) is 0 Å². The fourth-order valence-corrected chi connectivity index (χ4v) is 10.1. The maximum Gasteiger partial charge on any atom is 0.160 e. The third kappa shape index (κ3) is 5.95. The molecule has 2 heteroatoms. The molecular weight excluding hydrogens is 773 g/mol. The van der Waals surface area contributed by atoms with Gasteiger partial charge in [-0.25, -0.2) is 9.97 Å². The zero-order valence-electron chi connectivity index (χ0n) is 34.8. The number of hydrogen-bond donors (Lipinski definition) is 0. The molecule has 0 radical (unpaired) electrons. The minimum atomic E-state index is 0.707. The maximum atomic E-state index is 5.12. The Morgan fingerprint density at radius 1 is 0.203 bits per heavy atom. The van der Waals surface area contributed by atoms with Crippen LogP contribution in [0.1, 0.15) is 0 Å². The largest absolute Gasteiger partial charge is 0.228 e. The third-order valence-electron chi connectivity index (χ3n) is 13.2. The molecule has 1 aromatic heterocycles. The van der Waals surface area contributed by atoms with E-state index in [0.717, 1.165) is 39.2 Å². The van der Waals surface area contributed by atoms with Crippen molar-refractivity contribution in [2.75, 3.05) is 0 Å².